The van der Waals surface area contributed by atoms with E-state index in [0.29, 0.717) is 5.92 Å². The number of rotatable bonds is 5. The Hall–Kier alpha value is -1.60. The van der Waals surface area contributed by atoms with Crippen LogP contribution in [0.25, 0.3) is 11.1 Å². The Balaban J connectivity index is 1.91. The van der Waals surface area contributed by atoms with Crippen LogP contribution in [-0.4, -0.2) is 24.5 Å². The molecule has 0 radical (unpaired) electrons. The number of nitrogens with zero attached hydrogens (tertiary/aromatic N) is 1. The molecule has 0 bridgehead atoms. The fraction of sp³-hybridized carbons (Fsp3) is 0.368. The highest BCUT2D eigenvalue weighted by atomic mass is 15.1. The molecule has 1 aliphatic carbocycles. The maximum Gasteiger partial charge on any atom is 0.0114 e. The topological polar surface area (TPSA) is 3.24 Å². The van der Waals surface area contributed by atoms with Crippen molar-refractivity contribution in [2.75, 3.05) is 19.6 Å². The summed E-state index contributed by atoms with van der Waals surface area (Å²) in [5.41, 5.74) is 5.90. The summed E-state index contributed by atoms with van der Waals surface area (Å²) in [6, 6.07) is 17.8. The van der Waals surface area contributed by atoms with E-state index in [1.54, 1.807) is 0 Å². The lowest BCUT2D eigenvalue weighted by Gasteiger charge is -2.21. The Kier molecular flexibility index (Phi) is 3.88. The van der Waals surface area contributed by atoms with Gasteiger partial charge in [0.05, 0.1) is 0 Å². The third-order valence-corrected chi connectivity index (χ3v) is 4.59. The average molecular weight is 265 g/mol. The van der Waals surface area contributed by atoms with Crippen molar-refractivity contribution in [3.63, 3.8) is 0 Å². The third kappa shape index (κ3) is 2.27. The van der Waals surface area contributed by atoms with Gasteiger partial charge in [-0.3, -0.25) is 0 Å². The van der Waals surface area contributed by atoms with Crippen LogP contribution in [0.3, 0.4) is 0 Å². The van der Waals surface area contributed by atoms with E-state index in [-0.39, 0.29) is 0 Å². The zero-order chi connectivity index (χ0) is 13.9. The molecule has 0 amide bonds. The van der Waals surface area contributed by atoms with Gasteiger partial charge < -0.3 is 4.90 Å². The van der Waals surface area contributed by atoms with Crippen molar-refractivity contribution in [2.24, 2.45) is 0 Å². The van der Waals surface area contributed by atoms with Gasteiger partial charge in [-0.05, 0) is 48.3 Å². The quantitative estimate of drug-likeness (QED) is 0.767. The monoisotopic (exact) mass is 265 g/mol. The van der Waals surface area contributed by atoms with Gasteiger partial charge in [-0.2, -0.15) is 0 Å². The van der Waals surface area contributed by atoms with Gasteiger partial charge in [0, 0.05) is 5.92 Å². The van der Waals surface area contributed by atoms with Gasteiger partial charge in [-0.1, -0.05) is 62.4 Å². The van der Waals surface area contributed by atoms with Gasteiger partial charge in [0.25, 0.3) is 0 Å². The van der Waals surface area contributed by atoms with E-state index in [9.17, 15) is 0 Å². The van der Waals surface area contributed by atoms with E-state index in [4.69, 9.17) is 0 Å². The van der Waals surface area contributed by atoms with Crippen LogP contribution in [0.1, 0.15) is 37.3 Å². The average Bonchev–Trinajstić information content (AvgIpc) is 2.83. The van der Waals surface area contributed by atoms with E-state index in [1.807, 2.05) is 0 Å². The molecule has 2 aromatic rings. The van der Waals surface area contributed by atoms with Crippen LogP contribution in [0.5, 0.6) is 0 Å². The number of hydrogen-bond donors (Lipinski definition) is 0. The summed E-state index contributed by atoms with van der Waals surface area (Å²) in [5.74, 6) is 0.572. The van der Waals surface area contributed by atoms with E-state index >= 15 is 0 Å². The lowest BCUT2D eigenvalue weighted by Crippen LogP contribution is -2.25. The summed E-state index contributed by atoms with van der Waals surface area (Å²) in [5, 5.41) is 0. The third-order valence-electron chi connectivity index (χ3n) is 4.59. The molecule has 0 fully saturated rings. The second-order valence-electron chi connectivity index (χ2n) is 5.54. The fourth-order valence-corrected chi connectivity index (χ4v) is 3.42. The van der Waals surface area contributed by atoms with Crippen LogP contribution in [0, 0.1) is 0 Å². The van der Waals surface area contributed by atoms with Crippen LogP contribution in [0.2, 0.25) is 0 Å². The summed E-state index contributed by atoms with van der Waals surface area (Å²) >= 11 is 0. The molecule has 104 valence electrons. The van der Waals surface area contributed by atoms with E-state index < -0.39 is 0 Å². The molecule has 20 heavy (non-hydrogen) atoms. The zero-order valence-electron chi connectivity index (χ0n) is 12.5. The Bertz CT molecular complexity index is 538. The first-order valence-corrected chi connectivity index (χ1v) is 7.75. The molecule has 0 saturated heterocycles. The van der Waals surface area contributed by atoms with Crippen molar-refractivity contribution in [1.29, 1.82) is 0 Å². The van der Waals surface area contributed by atoms with Gasteiger partial charge in [0.1, 0.15) is 0 Å². The smallest absolute Gasteiger partial charge is 0.0114 e. The molecule has 3 rings (SSSR count). The maximum absolute atomic E-state index is 2.52. The van der Waals surface area contributed by atoms with Crippen molar-refractivity contribution in [2.45, 2.75) is 26.2 Å². The van der Waals surface area contributed by atoms with Crippen molar-refractivity contribution in [3.8, 4) is 11.1 Å². The Morgan fingerprint density at radius 2 is 1.30 bits per heavy atom. The minimum atomic E-state index is 0.572. The summed E-state index contributed by atoms with van der Waals surface area (Å²) in [4.78, 5) is 2.52. The normalized spacial score (nSPS) is 13.6. The Morgan fingerprint density at radius 3 is 1.80 bits per heavy atom. The highest BCUT2D eigenvalue weighted by molar-refractivity contribution is 5.78. The minimum absolute atomic E-state index is 0.572. The van der Waals surface area contributed by atoms with Gasteiger partial charge >= 0.3 is 0 Å². The zero-order valence-corrected chi connectivity index (χ0v) is 12.5. The second-order valence-corrected chi connectivity index (χ2v) is 5.54. The van der Waals surface area contributed by atoms with Crippen LogP contribution in [-0.2, 0) is 0 Å². The summed E-state index contributed by atoms with van der Waals surface area (Å²) in [6.45, 7) is 7.97. The molecule has 0 aromatic heterocycles. The lowest BCUT2D eigenvalue weighted by molar-refractivity contribution is 0.295. The Morgan fingerprint density at radius 1 is 0.800 bits per heavy atom. The van der Waals surface area contributed by atoms with Gasteiger partial charge in [-0.25, -0.2) is 0 Å². The lowest BCUT2D eigenvalue weighted by atomic mass is 9.93. The fourth-order valence-electron chi connectivity index (χ4n) is 3.42. The molecule has 0 aliphatic heterocycles. The van der Waals surface area contributed by atoms with Crippen molar-refractivity contribution in [1.82, 2.24) is 4.90 Å². The number of hydrogen-bond acceptors (Lipinski definition) is 1. The highest BCUT2D eigenvalue weighted by Gasteiger charge is 2.27. The molecule has 0 atom stereocenters. The van der Waals surface area contributed by atoms with E-state index in [2.05, 4.69) is 67.3 Å². The number of fused-ring (bicyclic) bond motifs is 3. The minimum Gasteiger partial charge on any atom is -0.304 e. The van der Waals surface area contributed by atoms with Crippen molar-refractivity contribution in [3.05, 3.63) is 59.7 Å². The molecule has 0 saturated carbocycles. The number of benzene rings is 2. The second kappa shape index (κ2) is 5.80. The standard InChI is InChI=1S/C19H23N/c1-3-20(4-2)14-13-19-17-11-7-5-9-15(17)16-10-6-8-12-18(16)19/h5-12,19H,3-4,13-14H2,1-2H3. The maximum atomic E-state index is 2.52. The first-order chi connectivity index (χ1) is 9.85. The molecule has 2 aromatic carbocycles. The first-order valence-electron chi connectivity index (χ1n) is 7.75. The van der Waals surface area contributed by atoms with Gasteiger partial charge in [0.15, 0.2) is 0 Å². The molecule has 0 heterocycles. The largest absolute Gasteiger partial charge is 0.304 e. The first kappa shape index (κ1) is 13.4. The SMILES string of the molecule is CCN(CC)CCC1c2ccccc2-c2ccccc21. The van der Waals surface area contributed by atoms with E-state index in [1.165, 1.54) is 35.2 Å². The van der Waals surface area contributed by atoms with Crippen LogP contribution >= 0.6 is 0 Å². The predicted octanol–water partition coefficient (Wildman–Crippen LogP) is 4.53. The van der Waals surface area contributed by atoms with Crippen molar-refractivity contribution >= 4 is 0 Å². The Labute approximate surface area is 122 Å². The van der Waals surface area contributed by atoms with Gasteiger partial charge in [-0.15, -0.1) is 0 Å². The van der Waals surface area contributed by atoms with Gasteiger partial charge in [0.2, 0.25) is 0 Å². The summed E-state index contributed by atoms with van der Waals surface area (Å²) in [6.07, 6.45) is 1.22. The predicted molar refractivity (Wildman–Crippen MR) is 86.1 cm³/mol. The highest BCUT2D eigenvalue weighted by Crippen LogP contribution is 2.45. The molecule has 0 N–H and O–H groups in total. The van der Waals surface area contributed by atoms with E-state index in [0.717, 1.165) is 13.1 Å². The van der Waals surface area contributed by atoms with Crippen LogP contribution in [0.4, 0.5) is 0 Å². The molecule has 0 spiro atoms. The molecule has 1 aliphatic rings. The molecule has 0 unspecified atom stereocenters. The van der Waals surface area contributed by atoms with Crippen LogP contribution in [0.15, 0.2) is 48.5 Å². The van der Waals surface area contributed by atoms with Crippen LogP contribution < -0.4 is 0 Å². The summed E-state index contributed by atoms with van der Waals surface area (Å²) in [7, 11) is 0. The molecular weight excluding hydrogens is 242 g/mol. The van der Waals surface area contributed by atoms with Crippen molar-refractivity contribution < 1.29 is 0 Å². The molecule has 1 nitrogen and oxygen atoms in total. The molecule has 1 heteroatoms. The molecular formula is C19H23N. The summed E-state index contributed by atoms with van der Waals surface area (Å²) < 4.78 is 0.